The van der Waals surface area contributed by atoms with Crippen LogP contribution in [0.2, 0.25) is 0 Å². The van der Waals surface area contributed by atoms with E-state index in [2.05, 4.69) is 76.3 Å². The summed E-state index contributed by atoms with van der Waals surface area (Å²) in [6.07, 6.45) is 71.9. The fourth-order valence-electron chi connectivity index (χ4n) is 7.95. The summed E-state index contributed by atoms with van der Waals surface area (Å²) < 4.78 is 0. The summed E-state index contributed by atoms with van der Waals surface area (Å²) in [5, 5.41) is 40.7. The Morgan fingerprint density at radius 1 is 0.219 bits per heavy atom. The second-order valence-corrected chi connectivity index (χ2v) is 20.0. The van der Waals surface area contributed by atoms with Crippen molar-refractivity contribution in [3.63, 3.8) is 0 Å². The molecule has 0 bridgehead atoms. The number of carboxylic acid groups (broad SMARTS) is 4. The molecule has 73 heavy (non-hydrogen) atoms. The Kier molecular flexibility index (Phi) is 82.7. The van der Waals surface area contributed by atoms with Gasteiger partial charge in [-0.3, -0.25) is 0 Å². The molecular formula is C64H116O8W-4. The van der Waals surface area contributed by atoms with Crippen LogP contribution < -0.4 is 20.4 Å². The summed E-state index contributed by atoms with van der Waals surface area (Å²) in [6.45, 7) is 8.96. The van der Waals surface area contributed by atoms with Crippen LogP contribution in [0.3, 0.4) is 0 Å². The smallest absolute Gasteiger partial charge is 0.0414 e. The molecule has 0 fully saturated rings. The van der Waals surface area contributed by atoms with Crippen LogP contribution in [0.5, 0.6) is 0 Å². The van der Waals surface area contributed by atoms with Crippen LogP contribution in [-0.4, -0.2) is 23.9 Å². The van der Waals surface area contributed by atoms with Gasteiger partial charge in [0.15, 0.2) is 0 Å². The van der Waals surface area contributed by atoms with E-state index in [-0.39, 0.29) is 46.7 Å². The number of carboxylic acids is 4. The Hall–Kier alpha value is -2.47. The number of carbonyl (C=O) groups excluding carboxylic acids is 4. The third-order valence-corrected chi connectivity index (χ3v) is 12.6. The van der Waals surface area contributed by atoms with E-state index >= 15 is 0 Å². The summed E-state index contributed by atoms with van der Waals surface area (Å²) in [6, 6.07) is 0. The Morgan fingerprint density at radius 2 is 0.342 bits per heavy atom. The van der Waals surface area contributed by atoms with Crippen molar-refractivity contribution in [3.8, 4) is 0 Å². The largest absolute Gasteiger partial charge is 0.550 e. The van der Waals surface area contributed by atoms with Crippen LogP contribution in [0.4, 0.5) is 0 Å². The van der Waals surface area contributed by atoms with Crippen LogP contribution in [0.1, 0.15) is 336 Å². The first-order chi connectivity index (χ1) is 35.1. The number of hydrogen-bond acceptors (Lipinski definition) is 8. The average Bonchev–Trinajstić information content (AvgIpc) is 3.35. The van der Waals surface area contributed by atoms with Crippen molar-refractivity contribution in [2.24, 2.45) is 0 Å². The molecule has 0 aromatic carbocycles. The first-order valence-electron chi connectivity index (χ1n) is 30.5. The fraction of sp³-hybridized carbons (Fsp3) is 0.812. The molecule has 0 aliphatic carbocycles. The van der Waals surface area contributed by atoms with Gasteiger partial charge in [-0.1, -0.05) is 230 Å². The summed E-state index contributed by atoms with van der Waals surface area (Å²) in [7, 11) is 0. The number of unbranched alkanes of at least 4 members (excludes halogenated alkanes) is 36. The molecule has 0 aromatic heterocycles. The molecule has 0 heterocycles. The predicted octanol–water partition coefficient (Wildman–Crippen LogP) is 16.0. The first kappa shape index (κ1) is 79.4. The van der Waals surface area contributed by atoms with E-state index in [4.69, 9.17) is 0 Å². The molecule has 9 heteroatoms. The maximum absolute atomic E-state index is 10.2. The van der Waals surface area contributed by atoms with Crippen molar-refractivity contribution >= 4 is 23.9 Å². The second kappa shape index (κ2) is 76.0. The van der Waals surface area contributed by atoms with Gasteiger partial charge in [0, 0.05) is 44.9 Å². The molecule has 0 rings (SSSR count). The van der Waals surface area contributed by atoms with E-state index < -0.39 is 23.9 Å². The average molecular weight is 1200 g/mol. The predicted molar refractivity (Wildman–Crippen MR) is 301 cm³/mol. The van der Waals surface area contributed by atoms with E-state index in [1.807, 2.05) is 0 Å². The molecule has 0 aliphatic rings. The second-order valence-electron chi connectivity index (χ2n) is 20.0. The van der Waals surface area contributed by atoms with E-state index in [1.165, 1.54) is 205 Å². The van der Waals surface area contributed by atoms with Crippen LogP contribution in [0, 0.1) is 0 Å². The fourth-order valence-corrected chi connectivity index (χ4v) is 7.95. The Bertz CT molecular complexity index is 1030. The van der Waals surface area contributed by atoms with Gasteiger partial charge in [-0.25, -0.2) is 0 Å². The molecule has 0 saturated carbocycles. The van der Waals surface area contributed by atoms with Gasteiger partial charge in [-0.05, 0) is 154 Å². The molecule has 0 radical (unpaired) electrons. The maximum Gasteiger partial charge on any atom is 0.0414 e. The van der Waals surface area contributed by atoms with Gasteiger partial charge >= 0.3 is 0 Å². The van der Waals surface area contributed by atoms with Crippen molar-refractivity contribution in [1.82, 2.24) is 0 Å². The van der Waals surface area contributed by atoms with E-state index in [0.29, 0.717) is 0 Å². The minimum Gasteiger partial charge on any atom is -0.550 e. The summed E-state index contributed by atoms with van der Waals surface area (Å²) in [5.74, 6) is -3.66. The van der Waals surface area contributed by atoms with Gasteiger partial charge in [0.1, 0.15) is 0 Å². The normalized spacial score (nSPS) is 11.0. The Balaban J connectivity index is -0.000000280. The monoisotopic (exact) mass is 1200 g/mol. The van der Waals surface area contributed by atoms with Crippen molar-refractivity contribution in [2.45, 2.75) is 336 Å². The van der Waals surface area contributed by atoms with Gasteiger partial charge in [0.05, 0.1) is 0 Å². The minimum absolute atomic E-state index is 0. The van der Waals surface area contributed by atoms with Crippen LogP contribution >= 0.6 is 0 Å². The minimum atomic E-state index is -0.916. The van der Waals surface area contributed by atoms with E-state index in [1.54, 1.807) is 0 Å². The number of allylic oxidation sites excluding steroid dienone is 8. The molecule has 0 saturated heterocycles. The summed E-state index contributed by atoms with van der Waals surface area (Å²) >= 11 is 0. The number of carbonyl (C=O) groups is 4. The Labute approximate surface area is 466 Å². The first-order valence-corrected chi connectivity index (χ1v) is 30.5. The zero-order chi connectivity index (χ0) is 53.9. The molecule has 430 valence electrons. The zero-order valence-electron chi connectivity index (χ0n) is 48.2. The third-order valence-electron chi connectivity index (χ3n) is 12.6. The quantitative estimate of drug-likeness (QED) is 0.0430. The molecule has 0 amide bonds. The van der Waals surface area contributed by atoms with Crippen LogP contribution in [0.15, 0.2) is 48.6 Å². The SMILES string of the molecule is CCCCCC/C=C\CCCCCCCC(=O)[O-].CCCCCC/C=C\CCCCCCCC(=O)[O-].CCCCCC/C=C\CCCCCCCC(=O)[O-].CCCCCC/C=C\CCCCCCCC(=O)[O-].[W]. The van der Waals surface area contributed by atoms with Gasteiger partial charge in [0.2, 0.25) is 0 Å². The van der Waals surface area contributed by atoms with Gasteiger partial charge < -0.3 is 39.6 Å². The maximum atomic E-state index is 10.2. The number of hydrogen-bond donors (Lipinski definition) is 0. The zero-order valence-corrected chi connectivity index (χ0v) is 51.2. The molecular weight excluding hydrogens is 1080 g/mol. The number of rotatable bonds is 52. The molecule has 8 nitrogen and oxygen atoms in total. The molecule has 0 spiro atoms. The third kappa shape index (κ3) is 95.8. The molecule has 0 aliphatic heterocycles. The molecule has 0 aromatic rings. The standard InChI is InChI=1S/4C16H30O2.W/c4*1-2-3-4-5-6-7-8-9-10-11-12-13-14-15-16(17)18;/h4*7-8H,2-6,9-15H2,1H3,(H,17,18);/p-4/b4*8-7-;. The van der Waals surface area contributed by atoms with Crippen molar-refractivity contribution in [2.75, 3.05) is 0 Å². The topological polar surface area (TPSA) is 161 Å². The van der Waals surface area contributed by atoms with E-state index in [0.717, 1.165) is 77.0 Å². The molecule has 0 N–H and O–H groups in total. The summed E-state index contributed by atoms with van der Waals surface area (Å²) in [4.78, 5) is 40.7. The number of aliphatic carboxylic acids is 4. The van der Waals surface area contributed by atoms with Gasteiger partial charge in [0.25, 0.3) is 0 Å². The van der Waals surface area contributed by atoms with Gasteiger partial charge in [-0.2, -0.15) is 0 Å². The van der Waals surface area contributed by atoms with Crippen molar-refractivity contribution in [3.05, 3.63) is 48.6 Å². The van der Waals surface area contributed by atoms with Crippen LogP contribution in [0.25, 0.3) is 0 Å². The van der Waals surface area contributed by atoms with Crippen molar-refractivity contribution in [1.29, 1.82) is 0 Å². The van der Waals surface area contributed by atoms with Crippen LogP contribution in [-0.2, 0) is 40.2 Å². The molecule has 0 atom stereocenters. The van der Waals surface area contributed by atoms with Gasteiger partial charge in [-0.15, -0.1) is 0 Å². The van der Waals surface area contributed by atoms with E-state index in [9.17, 15) is 39.6 Å². The molecule has 0 unspecified atom stereocenters. The summed E-state index contributed by atoms with van der Waals surface area (Å²) in [5.41, 5.74) is 0. The van der Waals surface area contributed by atoms with Crippen molar-refractivity contribution < 1.29 is 60.7 Å². The Morgan fingerprint density at radius 3 is 0.479 bits per heavy atom.